The van der Waals surface area contributed by atoms with E-state index in [4.69, 9.17) is 0 Å². The van der Waals surface area contributed by atoms with Crippen LogP contribution in [0.1, 0.15) is 38.7 Å². The van der Waals surface area contributed by atoms with Gasteiger partial charge < -0.3 is 15.4 Å². The van der Waals surface area contributed by atoms with E-state index in [2.05, 4.69) is 32.2 Å². The molecule has 0 aromatic heterocycles. The molecule has 2 atom stereocenters. The predicted octanol–water partition coefficient (Wildman–Crippen LogP) is 3.73. The molecular formula is C19H28F3IN4O. The van der Waals surface area contributed by atoms with Crippen molar-refractivity contribution in [1.82, 2.24) is 15.5 Å². The Hall–Kier alpha value is -1.23. The summed E-state index contributed by atoms with van der Waals surface area (Å²) in [5.41, 5.74) is 0.0226. The molecule has 2 N–H and O–H groups in total. The van der Waals surface area contributed by atoms with Crippen LogP contribution in [0.3, 0.4) is 0 Å². The first-order chi connectivity index (χ1) is 13.0. The van der Waals surface area contributed by atoms with Gasteiger partial charge in [0.1, 0.15) is 11.6 Å². The Kier molecular flexibility index (Phi) is 8.66. The fourth-order valence-electron chi connectivity index (χ4n) is 3.65. The second kappa shape index (κ2) is 10.5. The van der Waals surface area contributed by atoms with Crippen molar-refractivity contribution in [1.29, 1.82) is 0 Å². The summed E-state index contributed by atoms with van der Waals surface area (Å²) in [6.45, 7) is 2.69. The number of aliphatic imine (C=N–C) groups is 1. The van der Waals surface area contributed by atoms with E-state index in [9.17, 15) is 13.2 Å². The maximum absolute atomic E-state index is 14.1. The summed E-state index contributed by atoms with van der Waals surface area (Å²) in [6, 6.07) is 5.38. The van der Waals surface area contributed by atoms with Crippen molar-refractivity contribution in [3.8, 4) is 5.75 Å². The average Bonchev–Trinajstić information content (AvgIpc) is 3.37. The molecule has 3 rings (SSSR count). The molecule has 1 aromatic rings. The number of rotatable bonds is 7. The highest BCUT2D eigenvalue weighted by Gasteiger charge is 2.38. The molecule has 2 unspecified atom stereocenters. The highest BCUT2D eigenvalue weighted by Crippen LogP contribution is 2.33. The quantitative estimate of drug-likeness (QED) is 0.332. The lowest BCUT2D eigenvalue weighted by molar-refractivity contribution is -0.0506. The maximum atomic E-state index is 14.1. The van der Waals surface area contributed by atoms with E-state index in [0.717, 1.165) is 13.0 Å². The van der Waals surface area contributed by atoms with Gasteiger partial charge in [0.05, 0.1) is 12.1 Å². The number of ether oxygens (including phenoxy) is 1. The number of likely N-dealkylation sites (tertiary alicyclic amines) is 1. The van der Waals surface area contributed by atoms with Crippen LogP contribution in [-0.4, -0.2) is 48.7 Å². The first-order valence-electron chi connectivity index (χ1n) is 9.50. The minimum absolute atomic E-state index is 0. The van der Waals surface area contributed by atoms with Gasteiger partial charge in [0, 0.05) is 31.2 Å². The van der Waals surface area contributed by atoms with Gasteiger partial charge in [-0.1, -0.05) is 6.07 Å². The summed E-state index contributed by atoms with van der Waals surface area (Å²) in [5, 5.41) is 6.54. The third kappa shape index (κ3) is 6.13. The molecule has 5 nitrogen and oxygen atoms in total. The minimum atomic E-state index is -3.01. The van der Waals surface area contributed by atoms with Gasteiger partial charge >= 0.3 is 6.61 Å². The summed E-state index contributed by atoms with van der Waals surface area (Å²) in [6.07, 6.45) is 3.55. The molecule has 0 radical (unpaired) electrons. The zero-order chi connectivity index (χ0) is 19.4. The lowest BCUT2D eigenvalue weighted by atomic mass is 10.2. The molecule has 1 aliphatic heterocycles. The molecule has 158 valence electrons. The van der Waals surface area contributed by atoms with Gasteiger partial charge in [-0.15, -0.1) is 24.0 Å². The third-order valence-corrected chi connectivity index (χ3v) is 5.01. The van der Waals surface area contributed by atoms with E-state index in [0.29, 0.717) is 24.6 Å². The summed E-state index contributed by atoms with van der Waals surface area (Å²) in [5.74, 6) is -0.236. The fraction of sp³-hybridized carbons (Fsp3) is 0.632. The Balaban J connectivity index is 0.00000280. The smallest absolute Gasteiger partial charge is 0.387 e. The largest absolute Gasteiger partial charge is 0.434 e. The summed E-state index contributed by atoms with van der Waals surface area (Å²) < 4.78 is 43.6. The molecule has 28 heavy (non-hydrogen) atoms. The maximum Gasteiger partial charge on any atom is 0.387 e. The normalized spacial score (nSPS) is 22.9. The molecular weight excluding hydrogens is 484 g/mol. The Bertz CT molecular complexity index is 673. The van der Waals surface area contributed by atoms with Crippen LogP contribution in [0.4, 0.5) is 13.2 Å². The number of hydrogen-bond acceptors (Lipinski definition) is 3. The lowest BCUT2D eigenvalue weighted by Gasteiger charge is -2.20. The van der Waals surface area contributed by atoms with E-state index < -0.39 is 12.4 Å². The average molecular weight is 512 g/mol. The molecule has 9 heteroatoms. The number of halogens is 4. The molecule has 1 saturated heterocycles. The van der Waals surface area contributed by atoms with Crippen molar-refractivity contribution in [3.63, 3.8) is 0 Å². The van der Waals surface area contributed by atoms with Crippen molar-refractivity contribution < 1.29 is 17.9 Å². The van der Waals surface area contributed by atoms with Gasteiger partial charge in [0.25, 0.3) is 0 Å². The van der Waals surface area contributed by atoms with Gasteiger partial charge in [-0.05, 0) is 45.2 Å². The summed E-state index contributed by atoms with van der Waals surface area (Å²) in [7, 11) is 0. The molecule has 0 bridgehead atoms. The van der Waals surface area contributed by atoms with Crippen LogP contribution in [0.2, 0.25) is 0 Å². The van der Waals surface area contributed by atoms with Crippen LogP contribution >= 0.6 is 24.0 Å². The monoisotopic (exact) mass is 512 g/mol. The fourth-order valence-corrected chi connectivity index (χ4v) is 3.65. The Labute approximate surface area is 181 Å². The van der Waals surface area contributed by atoms with Crippen LogP contribution in [-0.2, 0) is 6.54 Å². The number of nitrogens with zero attached hydrogens (tertiary/aromatic N) is 2. The molecule has 2 fully saturated rings. The summed E-state index contributed by atoms with van der Waals surface area (Å²) >= 11 is 0. The van der Waals surface area contributed by atoms with Crippen molar-refractivity contribution in [2.45, 2.75) is 64.4 Å². The molecule has 1 aliphatic carbocycles. The van der Waals surface area contributed by atoms with Gasteiger partial charge in [-0.3, -0.25) is 4.90 Å². The third-order valence-electron chi connectivity index (χ3n) is 5.01. The number of hydrogen-bond donors (Lipinski definition) is 2. The predicted molar refractivity (Wildman–Crippen MR) is 114 cm³/mol. The Morgan fingerprint density at radius 3 is 2.75 bits per heavy atom. The second-order valence-corrected chi connectivity index (χ2v) is 7.14. The van der Waals surface area contributed by atoms with Gasteiger partial charge in [-0.25, -0.2) is 9.38 Å². The molecule has 1 aromatic carbocycles. The number of benzene rings is 1. The molecule has 0 spiro atoms. The van der Waals surface area contributed by atoms with Crippen LogP contribution in [0.25, 0.3) is 0 Å². The standard InChI is InChI=1S/C19H27F3N4O.HI/c1-3-23-19(25-13-9-12(2)26(11-13)14-7-8-14)24-10-15-16(20)5-4-6-17(15)27-18(21)22;/h4-6,12-14,18H,3,7-11H2,1-2H3,(H2,23,24,25);1H. The van der Waals surface area contributed by atoms with E-state index >= 15 is 0 Å². The summed E-state index contributed by atoms with van der Waals surface area (Å²) in [4.78, 5) is 6.92. The number of guanidine groups is 1. The van der Waals surface area contributed by atoms with Crippen LogP contribution in [0.15, 0.2) is 23.2 Å². The van der Waals surface area contributed by atoms with Crippen molar-refractivity contribution >= 4 is 29.9 Å². The van der Waals surface area contributed by atoms with Crippen LogP contribution in [0.5, 0.6) is 5.75 Å². The minimum Gasteiger partial charge on any atom is -0.434 e. The highest BCUT2D eigenvalue weighted by atomic mass is 127. The highest BCUT2D eigenvalue weighted by molar-refractivity contribution is 14.0. The van der Waals surface area contributed by atoms with Gasteiger partial charge in [-0.2, -0.15) is 8.78 Å². The topological polar surface area (TPSA) is 48.9 Å². The number of alkyl halides is 2. The van der Waals surface area contributed by atoms with Crippen molar-refractivity contribution in [2.24, 2.45) is 4.99 Å². The van der Waals surface area contributed by atoms with E-state index in [1.165, 1.54) is 31.0 Å². The van der Waals surface area contributed by atoms with Crippen LogP contribution < -0.4 is 15.4 Å². The van der Waals surface area contributed by atoms with E-state index in [1.54, 1.807) is 0 Å². The zero-order valence-corrected chi connectivity index (χ0v) is 18.5. The lowest BCUT2D eigenvalue weighted by Crippen LogP contribution is -2.44. The van der Waals surface area contributed by atoms with Crippen LogP contribution in [0, 0.1) is 5.82 Å². The number of nitrogens with one attached hydrogen (secondary N) is 2. The molecule has 1 heterocycles. The first kappa shape index (κ1) is 23.1. The van der Waals surface area contributed by atoms with E-state index in [-0.39, 0.29) is 47.9 Å². The van der Waals surface area contributed by atoms with E-state index in [1.807, 2.05) is 6.92 Å². The SMILES string of the molecule is CCNC(=NCc1c(F)cccc1OC(F)F)NC1CC(C)N(C2CC2)C1.I. The Morgan fingerprint density at radius 1 is 1.36 bits per heavy atom. The van der Waals surface area contributed by atoms with Crippen molar-refractivity contribution in [2.75, 3.05) is 13.1 Å². The molecule has 1 saturated carbocycles. The molecule has 2 aliphatic rings. The van der Waals surface area contributed by atoms with Crippen molar-refractivity contribution in [3.05, 3.63) is 29.6 Å². The zero-order valence-electron chi connectivity index (χ0n) is 16.1. The Morgan fingerprint density at radius 2 is 2.11 bits per heavy atom. The second-order valence-electron chi connectivity index (χ2n) is 7.14. The van der Waals surface area contributed by atoms with Gasteiger partial charge in [0.2, 0.25) is 0 Å². The van der Waals surface area contributed by atoms with Gasteiger partial charge in [0.15, 0.2) is 5.96 Å². The molecule has 0 amide bonds. The first-order valence-corrected chi connectivity index (χ1v) is 9.50.